The average Bonchev–Trinajstić information content (AvgIpc) is 3.94. The normalized spacial score (nSPS) is 13.5. The van der Waals surface area contributed by atoms with Crippen molar-refractivity contribution >= 4 is 65.7 Å². The first-order valence-corrected chi connectivity index (χ1v) is 18.7. The summed E-state index contributed by atoms with van der Waals surface area (Å²) in [5.74, 6) is 0. The lowest BCUT2D eigenvalue weighted by molar-refractivity contribution is 0.660. The maximum Gasteiger partial charge on any atom is 0.137 e. The second kappa shape index (κ2) is 10.6. The first-order valence-electron chi connectivity index (χ1n) is 18.7. The van der Waals surface area contributed by atoms with Crippen LogP contribution in [-0.2, 0) is 5.41 Å². The summed E-state index contributed by atoms with van der Waals surface area (Å²) in [7, 11) is 0. The van der Waals surface area contributed by atoms with E-state index in [1.165, 1.54) is 55.2 Å². The Balaban J connectivity index is 1.07. The molecule has 0 unspecified atom stereocenters. The van der Waals surface area contributed by atoms with Gasteiger partial charge in [-0.3, -0.25) is 0 Å². The van der Waals surface area contributed by atoms with Gasteiger partial charge in [0.2, 0.25) is 0 Å². The van der Waals surface area contributed by atoms with Gasteiger partial charge in [0, 0.05) is 32.3 Å². The number of benzene rings is 8. The van der Waals surface area contributed by atoms with Crippen LogP contribution in [0.15, 0.2) is 173 Å². The van der Waals surface area contributed by atoms with Crippen LogP contribution in [-0.4, -0.2) is 4.57 Å². The predicted octanol–water partition coefficient (Wildman–Crippen LogP) is 14.2. The molecular weight excluding hydrogens is 659 g/mol. The summed E-state index contributed by atoms with van der Waals surface area (Å²) in [4.78, 5) is 0. The van der Waals surface area contributed by atoms with Gasteiger partial charge in [0.05, 0.1) is 22.1 Å². The maximum absolute atomic E-state index is 6.64. The van der Waals surface area contributed by atoms with Crippen molar-refractivity contribution in [3.05, 3.63) is 175 Å². The van der Waals surface area contributed by atoms with E-state index in [1.807, 2.05) is 12.1 Å². The summed E-state index contributed by atoms with van der Waals surface area (Å²) >= 11 is 0. The van der Waals surface area contributed by atoms with Crippen molar-refractivity contribution in [3.8, 4) is 39.1 Å². The first kappa shape index (κ1) is 29.7. The zero-order valence-corrected chi connectivity index (χ0v) is 29.9. The van der Waals surface area contributed by atoms with Crippen molar-refractivity contribution in [1.29, 1.82) is 0 Å². The molecule has 3 aromatic heterocycles. The number of nitrogens with zero attached hydrogens (tertiary/aromatic N) is 1. The highest BCUT2D eigenvalue weighted by atomic mass is 16.3. The third-order valence-corrected chi connectivity index (χ3v) is 12.0. The minimum Gasteiger partial charge on any atom is -0.456 e. The predicted molar refractivity (Wildman–Crippen MR) is 224 cm³/mol. The van der Waals surface area contributed by atoms with Gasteiger partial charge >= 0.3 is 0 Å². The molecular formula is C51H33NO2. The molecule has 0 N–H and O–H groups in total. The van der Waals surface area contributed by atoms with Crippen LogP contribution in [0.25, 0.3) is 105 Å². The van der Waals surface area contributed by atoms with Crippen LogP contribution in [0, 0.1) is 0 Å². The lowest BCUT2D eigenvalue weighted by atomic mass is 9.81. The van der Waals surface area contributed by atoms with Gasteiger partial charge in [-0.25, -0.2) is 0 Å². The first-order chi connectivity index (χ1) is 26.5. The van der Waals surface area contributed by atoms with E-state index in [2.05, 4.69) is 170 Å². The van der Waals surface area contributed by atoms with Gasteiger partial charge in [0.25, 0.3) is 0 Å². The number of aromatic nitrogens is 1. The maximum atomic E-state index is 6.64. The van der Waals surface area contributed by atoms with Crippen LogP contribution in [0.2, 0.25) is 0 Å². The Kier molecular flexibility index (Phi) is 5.84. The van der Waals surface area contributed by atoms with Crippen molar-refractivity contribution in [2.45, 2.75) is 19.3 Å². The fourth-order valence-electron chi connectivity index (χ4n) is 9.46. The zero-order chi connectivity index (χ0) is 35.7. The Bertz CT molecular complexity index is 3370. The Hall–Kier alpha value is -6.84. The summed E-state index contributed by atoms with van der Waals surface area (Å²) in [6.45, 7) is 4.70. The smallest absolute Gasteiger partial charge is 0.137 e. The van der Waals surface area contributed by atoms with Crippen molar-refractivity contribution in [3.63, 3.8) is 0 Å². The van der Waals surface area contributed by atoms with E-state index in [0.717, 1.165) is 60.7 Å². The monoisotopic (exact) mass is 691 g/mol. The number of para-hydroxylation sites is 2. The summed E-state index contributed by atoms with van der Waals surface area (Å²) in [6.07, 6.45) is 0. The molecule has 0 saturated heterocycles. The second-order valence-electron chi connectivity index (χ2n) is 15.3. The third-order valence-electron chi connectivity index (χ3n) is 12.0. The van der Waals surface area contributed by atoms with Crippen LogP contribution >= 0.6 is 0 Å². The molecule has 3 nitrogen and oxygen atoms in total. The Morgan fingerprint density at radius 2 is 1.00 bits per heavy atom. The fraction of sp³-hybridized carbons (Fsp3) is 0.0588. The molecule has 254 valence electrons. The molecule has 0 bridgehead atoms. The topological polar surface area (TPSA) is 31.2 Å². The molecule has 54 heavy (non-hydrogen) atoms. The number of fused-ring (bicyclic) bond motifs is 12. The molecule has 0 saturated carbocycles. The summed E-state index contributed by atoms with van der Waals surface area (Å²) in [6, 6.07) is 59.3. The lowest BCUT2D eigenvalue weighted by Crippen LogP contribution is -2.14. The van der Waals surface area contributed by atoms with E-state index in [9.17, 15) is 0 Å². The number of furan rings is 2. The van der Waals surface area contributed by atoms with Crippen LogP contribution in [0.5, 0.6) is 0 Å². The van der Waals surface area contributed by atoms with E-state index < -0.39 is 0 Å². The van der Waals surface area contributed by atoms with Crippen LogP contribution in [0.4, 0.5) is 0 Å². The Morgan fingerprint density at radius 3 is 1.93 bits per heavy atom. The quantitative estimate of drug-likeness (QED) is 0.185. The summed E-state index contributed by atoms with van der Waals surface area (Å²) in [5, 5.41) is 6.91. The SMILES string of the molecule is CC1(C)c2ccccc2-c2ccc(-c3ccc4c(c3)c3ccccc3n4-c3cccc4oc5cccc(-c6ccc7oc8ccccc8c7c6)c5c34)cc21. The highest BCUT2D eigenvalue weighted by molar-refractivity contribution is 6.19. The minimum absolute atomic E-state index is 0.0506. The zero-order valence-electron chi connectivity index (χ0n) is 29.9. The molecule has 3 heteroatoms. The lowest BCUT2D eigenvalue weighted by Gasteiger charge is -2.22. The largest absolute Gasteiger partial charge is 0.456 e. The van der Waals surface area contributed by atoms with Gasteiger partial charge in [-0.2, -0.15) is 0 Å². The highest BCUT2D eigenvalue weighted by Gasteiger charge is 2.35. The number of rotatable bonds is 3. The van der Waals surface area contributed by atoms with E-state index in [4.69, 9.17) is 8.83 Å². The molecule has 1 aliphatic rings. The van der Waals surface area contributed by atoms with Gasteiger partial charge in [-0.15, -0.1) is 0 Å². The highest BCUT2D eigenvalue weighted by Crippen LogP contribution is 2.50. The van der Waals surface area contributed by atoms with Crippen molar-refractivity contribution in [2.24, 2.45) is 0 Å². The van der Waals surface area contributed by atoms with Gasteiger partial charge in [0.15, 0.2) is 0 Å². The van der Waals surface area contributed by atoms with Crippen LogP contribution in [0.3, 0.4) is 0 Å². The number of hydrogen-bond donors (Lipinski definition) is 0. The molecule has 8 aromatic carbocycles. The van der Waals surface area contributed by atoms with Crippen molar-refractivity contribution in [1.82, 2.24) is 4.57 Å². The third kappa shape index (κ3) is 3.96. The molecule has 3 heterocycles. The van der Waals surface area contributed by atoms with Gasteiger partial charge in [-0.05, 0) is 105 Å². The molecule has 0 aliphatic heterocycles. The van der Waals surface area contributed by atoms with E-state index >= 15 is 0 Å². The van der Waals surface area contributed by atoms with Gasteiger partial charge in [0.1, 0.15) is 22.3 Å². The molecule has 0 radical (unpaired) electrons. The van der Waals surface area contributed by atoms with E-state index in [-0.39, 0.29) is 5.41 Å². The molecule has 0 spiro atoms. The fourth-order valence-corrected chi connectivity index (χ4v) is 9.46. The molecule has 0 amide bonds. The molecule has 1 aliphatic carbocycles. The Morgan fingerprint density at radius 1 is 0.389 bits per heavy atom. The average molecular weight is 692 g/mol. The number of hydrogen-bond acceptors (Lipinski definition) is 2. The minimum atomic E-state index is -0.0506. The Labute approximate surface area is 311 Å². The van der Waals surface area contributed by atoms with E-state index in [0.29, 0.717) is 0 Å². The van der Waals surface area contributed by atoms with E-state index in [1.54, 1.807) is 0 Å². The van der Waals surface area contributed by atoms with Crippen molar-refractivity contribution < 1.29 is 8.83 Å². The molecule has 0 atom stereocenters. The summed E-state index contributed by atoms with van der Waals surface area (Å²) in [5.41, 5.74) is 17.1. The van der Waals surface area contributed by atoms with Crippen LogP contribution < -0.4 is 0 Å². The van der Waals surface area contributed by atoms with Crippen LogP contribution in [0.1, 0.15) is 25.0 Å². The second-order valence-corrected chi connectivity index (χ2v) is 15.3. The molecule has 0 fully saturated rings. The van der Waals surface area contributed by atoms with Gasteiger partial charge in [-0.1, -0.05) is 117 Å². The molecule has 12 rings (SSSR count). The van der Waals surface area contributed by atoms with Gasteiger partial charge < -0.3 is 13.4 Å². The molecule has 11 aromatic rings. The standard InChI is InChI=1S/C51H33NO2/c1-51(2)40-15-6-3-11-34(40)35-24-21-31(29-41(35)51)30-22-25-43-38(27-30)36-12-4-7-16-42(36)52(43)44-17-10-20-48-50(44)49-33(14-9-19-47(49)54-48)32-23-26-46-39(28-32)37-13-5-8-18-45(37)53-46/h3-29H,1-2H3. The summed E-state index contributed by atoms with van der Waals surface area (Å²) < 4.78 is 15.3. The van der Waals surface area contributed by atoms with Crippen molar-refractivity contribution in [2.75, 3.05) is 0 Å².